The van der Waals surface area contributed by atoms with E-state index in [0.717, 1.165) is 24.2 Å². The molecule has 1 saturated heterocycles. The molecule has 1 aliphatic heterocycles. The molecule has 3 amide bonds. The van der Waals surface area contributed by atoms with E-state index in [9.17, 15) is 14.4 Å². The van der Waals surface area contributed by atoms with E-state index in [-0.39, 0.29) is 34.7 Å². The molecule has 5 nitrogen and oxygen atoms in total. The largest absolute Gasteiger partial charge is 0.325 e. The van der Waals surface area contributed by atoms with Gasteiger partial charge in [-0.1, -0.05) is 43.0 Å². The zero-order valence-corrected chi connectivity index (χ0v) is 14.8. The second-order valence-electron chi connectivity index (χ2n) is 6.49. The Bertz CT molecular complexity index is 722. The highest BCUT2D eigenvalue weighted by Gasteiger charge is 2.55. The topological polar surface area (TPSA) is 66.5 Å². The Hall–Kier alpha value is -1.59. The van der Waals surface area contributed by atoms with Crippen LogP contribution < -0.4 is 5.32 Å². The summed E-state index contributed by atoms with van der Waals surface area (Å²) >= 11 is 11.9. The maximum absolute atomic E-state index is 12.8. The zero-order valence-electron chi connectivity index (χ0n) is 13.3. The van der Waals surface area contributed by atoms with Gasteiger partial charge in [0.1, 0.15) is 5.54 Å². The van der Waals surface area contributed by atoms with Gasteiger partial charge in [0.15, 0.2) is 5.78 Å². The van der Waals surface area contributed by atoms with Gasteiger partial charge in [0.25, 0.3) is 5.91 Å². The molecule has 128 valence electrons. The van der Waals surface area contributed by atoms with Gasteiger partial charge in [-0.25, -0.2) is 4.79 Å². The number of carbonyl (C=O) groups is 3. The molecule has 0 bridgehead atoms. The minimum absolute atomic E-state index is 0.0573. The van der Waals surface area contributed by atoms with Gasteiger partial charge in [-0.2, -0.15) is 0 Å². The van der Waals surface area contributed by atoms with Crippen molar-refractivity contribution in [2.75, 3.05) is 6.54 Å². The van der Waals surface area contributed by atoms with Gasteiger partial charge in [-0.05, 0) is 37.0 Å². The lowest BCUT2D eigenvalue weighted by Crippen LogP contribution is -2.54. The van der Waals surface area contributed by atoms with Crippen molar-refractivity contribution in [2.45, 2.75) is 38.1 Å². The summed E-state index contributed by atoms with van der Waals surface area (Å²) in [6.07, 6.45) is 3.44. The van der Waals surface area contributed by atoms with E-state index in [2.05, 4.69) is 5.32 Å². The molecule has 24 heavy (non-hydrogen) atoms. The molecule has 1 aliphatic carbocycles. The van der Waals surface area contributed by atoms with Gasteiger partial charge < -0.3 is 5.32 Å². The second kappa shape index (κ2) is 6.37. The number of nitrogens with zero attached hydrogens (tertiary/aromatic N) is 1. The minimum atomic E-state index is -0.862. The SMILES string of the molecule is C[C@@H]1CCCC[C@]12NC(=O)N(CC(=O)c1ccc(Cl)cc1Cl)C2=O. The number of hydrogen-bond acceptors (Lipinski definition) is 3. The highest BCUT2D eigenvalue weighted by atomic mass is 35.5. The number of carbonyl (C=O) groups excluding carboxylic acids is 3. The number of urea groups is 1. The Morgan fingerprint density at radius 3 is 2.75 bits per heavy atom. The van der Waals surface area contributed by atoms with Crippen LogP contribution in [0.15, 0.2) is 18.2 Å². The van der Waals surface area contributed by atoms with Crippen molar-refractivity contribution in [1.29, 1.82) is 0 Å². The average molecular weight is 369 g/mol. The minimum Gasteiger partial charge on any atom is -0.323 e. The molecule has 2 aliphatic rings. The van der Waals surface area contributed by atoms with Gasteiger partial charge in [-0.3, -0.25) is 14.5 Å². The lowest BCUT2D eigenvalue weighted by Gasteiger charge is -2.36. The quantitative estimate of drug-likeness (QED) is 0.653. The number of imide groups is 1. The number of benzene rings is 1. The summed E-state index contributed by atoms with van der Waals surface area (Å²) in [5, 5.41) is 3.46. The Kier molecular flexibility index (Phi) is 4.58. The Labute approximate surface area is 150 Å². The van der Waals surface area contributed by atoms with E-state index in [1.54, 1.807) is 6.07 Å². The standard InChI is InChI=1S/C17H18Cl2N2O3/c1-10-4-2-3-7-17(10)15(23)21(16(24)20-17)9-14(22)12-6-5-11(18)8-13(12)19/h5-6,8,10H,2-4,7,9H2,1H3,(H,20,24)/t10-,17+/m1/s1. The third kappa shape index (κ3) is 2.80. The molecule has 1 saturated carbocycles. The number of halogens is 2. The van der Waals surface area contributed by atoms with Crippen LogP contribution in [-0.2, 0) is 4.79 Å². The predicted molar refractivity (Wildman–Crippen MR) is 91.4 cm³/mol. The van der Waals surface area contributed by atoms with Gasteiger partial charge in [0.2, 0.25) is 0 Å². The molecule has 2 fully saturated rings. The maximum atomic E-state index is 12.8. The van der Waals surface area contributed by atoms with E-state index >= 15 is 0 Å². The summed E-state index contributed by atoms with van der Waals surface area (Å²) < 4.78 is 0. The number of rotatable bonds is 3. The van der Waals surface area contributed by atoms with E-state index in [1.165, 1.54) is 12.1 Å². The Morgan fingerprint density at radius 1 is 1.33 bits per heavy atom. The smallest absolute Gasteiger partial charge is 0.323 e. The number of hydrogen-bond donors (Lipinski definition) is 1. The first-order valence-electron chi connectivity index (χ1n) is 7.97. The molecular formula is C17H18Cl2N2O3. The van der Waals surface area contributed by atoms with Crippen LogP contribution in [0, 0.1) is 5.92 Å². The van der Waals surface area contributed by atoms with Crippen LogP contribution in [0.3, 0.4) is 0 Å². The maximum Gasteiger partial charge on any atom is 0.325 e. The molecule has 1 spiro atoms. The molecule has 0 radical (unpaired) electrons. The highest BCUT2D eigenvalue weighted by Crippen LogP contribution is 2.38. The first-order chi connectivity index (χ1) is 11.3. The number of ketones is 1. The van der Waals surface area contributed by atoms with Crippen LogP contribution in [0.2, 0.25) is 10.0 Å². The van der Waals surface area contributed by atoms with E-state index in [4.69, 9.17) is 23.2 Å². The molecule has 3 rings (SSSR count). The van der Waals surface area contributed by atoms with Gasteiger partial charge in [-0.15, -0.1) is 0 Å². The van der Waals surface area contributed by atoms with Crippen LogP contribution in [-0.4, -0.2) is 34.7 Å². The summed E-state index contributed by atoms with van der Waals surface area (Å²) in [6, 6.07) is 4.02. The third-order valence-corrected chi connectivity index (χ3v) is 5.58. The van der Waals surface area contributed by atoms with E-state index in [0.29, 0.717) is 11.4 Å². The molecule has 1 N–H and O–H groups in total. The van der Waals surface area contributed by atoms with Gasteiger partial charge >= 0.3 is 6.03 Å². The Morgan fingerprint density at radius 2 is 2.08 bits per heavy atom. The number of Topliss-reactive ketones (excluding diaryl/α,β-unsaturated/α-hetero) is 1. The predicted octanol–water partition coefficient (Wildman–Crippen LogP) is 3.68. The molecular weight excluding hydrogens is 351 g/mol. The van der Waals surface area contributed by atoms with Crippen molar-refractivity contribution in [3.8, 4) is 0 Å². The molecule has 2 atom stereocenters. The van der Waals surface area contributed by atoms with Crippen LogP contribution in [0.1, 0.15) is 43.0 Å². The zero-order chi connectivity index (χ0) is 17.5. The summed E-state index contributed by atoms with van der Waals surface area (Å²) in [5.74, 6) is -0.638. The van der Waals surface area contributed by atoms with Crippen LogP contribution in [0.4, 0.5) is 4.79 Å². The Balaban J connectivity index is 1.81. The fraction of sp³-hybridized carbons (Fsp3) is 0.471. The molecule has 1 aromatic rings. The highest BCUT2D eigenvalue weighted by molar-refractivity contribution is 6.37. The molecule has 0 unspecified atom stereocenters. The van der Waals surface area contributed by atoms with Crippen molar-refractivity contribution < 1.29 is 14.4 Å². The third-order valence-electron chi connectivity index (χ3n) is 5.03. The van der Waals surface area contributed by atoms with Crippen molar-refractivity contribution in [2.24, 2.45) is 5.92 Å². The summed E-state index contributed by atoms with van der Waals surface area (Å²) in [6.45, 7) is 1.65. The molecule has 1 heterocycles. The second-order valence-corrected chi connectivity index (χ2v) is 7.33. The van der Waals surface area contributed by atoms with Crippen molar-refractivity contribution in [3.05, 3.63) is 33.8 Å². The monoisotopic (exact) mass is 368 g/mol. The van der Waals surface area contributed by atoms with Gasteiger partial charge in [0, 0.05) is 10.6 Å². The fourth-order valence-electron chi connectivity index (χ4n) is 3.58. The summed E-state index contributed by atoms with van der Waals surface area (Å²) in [4.78, 5) is 38.6. The molecule has 0 aromatic heterocycles. The lowest BCUT2D eigenvalue weighted by molar-refractivity contribution is -0.133. The van der Waals surface area contributed by atoms with Crippen LogP contribution >= 0.6 is 23.2 Å². The number of amides is 3. The first kappa shape index (κ1) is 17.2. The summed E-state index contributed by atoms with van der Waals surface area (Å²) in [7, 11) is 0. The molecule has 7 heteroatoms. The lowest BCUT2D eigenvalue weighted by atomic mass is 9.73. The number of nitrogens with one attached hydrogen (secondary N) is 1. The van der Waals surface area contributed by atoms with Crippen LogP contribution in [0.5, 0.6) is 0 Å². The van der Waals surface area contributed by atoms with E-state index in [1.807, 2.05) is 6.92 Å². The van der Waals surface area contributed by atoms with Gasteiger partial charge in [0.05, 0.1) is 11.6 Å². The van der Waals surface area contributed by atoms with Crippen LogP contribution in [0.25, 0.3) is 0 Å². The first-order valence-corrected chi connectivity index (χ1v) is 8.73. The summed E-state index contributed by atoms with van der Waals surface area (Å²) in [5.41, 5.74) is -0.612. The molecule has 1 aromatic carbocycles. The normalized spacial score (nSPS) is 26.8. The van der Waals surface area contributed by atoms with Crippen molar-refractivity contribution >= 4 is 40.9 Å². The van der Waals surface area contributed by atoms with E-state index < -0.39 is 11.6 Å². The van der Waals surface area contributed by atoms with Crippen molar-refractivity contribution in [3.63, 3.8) is 0 Å². The average Bonchev–Trinajstić information content (AvgIpc) is 2.75. The van der Waals surface area contributed by atoms with Crippen molar-refractivity contribution in [1.82, 2.24) is 10.2 Å². The fourth-order valence-corrected chi connectivity index (χ4v) is 4.10.